The van der Waals surface area contributed by atoms with Gasteiger partial charge in [-0.3, -0.25) is 4.79 Å². The monoisotopic (exact) mass is 356 g/mol. The summed E-state index contributed by atoms with van der Waals surface area (Å²) in [6.07, 6.45) is 3.63. The summed E-state index contributed by atoms with van der Waals surface area (Å²) >= 11 is 1.57. The number of nitrogens with one attached hydrogen (secondary N) is 1. The van der Waals surface area contributed by atoms with Gasteiger partial charge in [0.1, 0.15) is 5.75 Å². The van der Waals surface area contributed by atoms with E-state index in [0.717, 1.165) is 11.8 Å². The molecule has 1 fully saturated rings. The Morgan fingerprint density at radius 2 is 2.35 bits per heavy atom. The number of fused-ring (bicyclic) bond motifs is 1. The second-order valence-corrected chi connectivity index (χ2v) is 11.0. The van der Waals surface area contributed by atoms with Gasteiger partial charge in [0.2, 0.25) is 14.1 Å². The zero-order chi connectivity index (χ0) is 15.0. The Hall–Kier alpha value is 0.130. The minimum atomic E-state index is -4.03. The standard InChI is InChI=1S/C10H16N2O4S4/c1-19(14)5-3-12-9(13)10(20(11,15)16)6-7-2-4-17-8(7)18-10/h2,4,7-8H,3,5-6H2,1H3,(H,12,13)(H2,11,15,16). The molecule has 2 aliphatic rings. The van der Waals surface area contributed by atoms with Crippen molar-refractivity contribution in [3.8, 4) is 0 Å². The Labute approximate surface area is 129 Å². The molecule has 0 aliphatic carbocycles. The molecule has 0 aromatic heterocycles. The Morgan fingerprint density at radius 1 is 1.65 bits per heavy atom. The van der Waals surface area contributed by atoms with E-state index >= 15 is 0 Å². The van der Waals surface area contributed by atoms with Crippen LogP contribution in [0.5, 0.6) is 0 Å². The first-order chi connectivity index (χ1) is 9.26. The fourth-order valence-corrected chi connectivity index (χ4v) is 7.27. The SMILES string of the molecule is C[S+]([O-])CCNC(=O)C1(S(N)(=O)=O)CC2C=CSC2S1. The van der Waals surface area contributed by atoms with Gasteiger partial charge >= 0.3 is 0 Å². The third-order valence-corrected chi connectivity index (χ3v) is 9.08. The molecule has 0 saturated carbocycles. The first-order valence-electron chi connectivity index (χ1n) is 5.87. The first-order valence-corrected chi connectivity index (χ1v) is 11.0. The molecular weight excluding hydrogens is 340 g/mol. The van der Waals surface area contributed by atoms with E-state index in [1.807, 2.05) is 11.5 Å². The van der Waals surface area contributed by atoms with Crippen LogP contribution in [0.1, 0.15) is 6.42 Å². The number of sulfonamides is 1. The highest BCUT2D eigenvalue weighted by Crippen LogP contribution is 2.56. The van der Waals surface area contributed by atoms with E-state index < -0.39 is 31.2 Å². The van der Waals surface area contributed by atoms with Gasteiger partial charge in [0, 0.05) is 5.92 Å². The molecule has 2 aliphatic heterocycles. The van der Waals surface area contributed by atoms with Crippen LogP contribution in [0, 0.1) is 5.92 Å². The van der Waals surface area contributed by atoms with E-state index in [1.165, 1.54) is 18.0 Å². The lowest BCUT2D eigenvalue weighted by molar-refractivity contribution is -0.121. The summed E-state index contributed by atoms with van der Waals surface area (Å²) in [6.45, 7) is 0.179. The Balaban J connectivity index is 2.13. The zero-order valence-electron chi connectivity index (χ0n) is 10.8. The van der Waals surface area contributed by atoms with Crippen LogP contribution < -0.4 is 10.5 Å². The third kappa shape index (κ3) is 3.14. The normalized spacial score (nSPS) is 34.0. The molecule has 4 atom stereocenters. The molecule has 3 N–H and O–H groups in total. The molecule has 20 heavy (non-hydrogen) atoms. The van der Waals surface area contributed by atoms with E-state index in [-0.39, 0.29) is 23.5 Å². The lowest BCUT2D eigenvalue weighted by Gasteiger charge is -2.25. The molecule has 4 unspecified atom stereocenters. The molecule has 2 rings (SSSR count). The number of rotatable bonds is 5. The predicted molar refractivity (Wildman–Crippen MR) is 84.0 cm³/mol. The van der Waals surface area contributed by atoms with Gasteiger partial charge < -0.3 is 9.87 Å². The van der Waals surface area contributed by atoms with Crippen molar-refractivity contribution in [1.82, 2.24) is 5.32 Å². The lowest BCUT2D eigenvalue weighted by Crippen LogP contribution is -2.52. The fourth-order valence-electron chi connectivity index (χ4n) is 2.14. The van der Waals surface area contributed by atoms with Gasteiger partial charge in [-0.1, -0.05) is 17.3 Å². The number of hydrogen-bond donors (Lipinski definition) is 2. The van der Waals surface area contributed by atoms with Crippen molar-refractivity contribution >= 4 is 50.6 Å². The lowest BCUT2D eigenvalue weighted by atomic mass is 10.1. The van der Waals surface area contributed by atoms with Crippen molar-refractivity contribution < 1.29 is 17.8 Å². The van der Waals surface area contributed by atoms with Gasteiger partial charge in [-0.15, -0.1) is 23.5 Å². The molecule has 0 aromatic rings. The Kier molecular flexibility index (Phi) is 5.02. The molecule has 1 saturated heterocycles. The van der Waals surface area contributed by atoms with E-state index in [9.17, 15) is 17.8 Å². The van der Waals surface area contributed by atoms with E-state index in [2.05, 4.69) is 5.32 Å². The van der Waals surface area contributed by atoms with Crippen molar-refractivity contribution in [2.24, 2.45) is 11.1 Å². The van der Waals surface area contributed by atoms with Crippen LogP contribution in [0.4, 0.5) is 0 Å². The van der Waals surface area contributed by atoms with Crippen LogP contribution in [0.25, 0.3) is 0 Å². The maximum absolute atomic E-state index is 12.3. The molecule has 2 heterocycles. The number of hydrogen-bond acceptors (Lipinski definition) is 6. The van der Waals surface area contributed by atoms with Crippen LogP contribution in [0.2, 0.25) is 0 Å². The average molecular weight is 357 g/mol. The molecule has 6 nitrogen and oxygen atoms in total. The third-order valence-electron chi connectivity index (χ3n) is 3.18. The number of nitrogens with two attached hydrogens (primary N) is 1. The summed E-state index contributed by atoms with van der Waals surface area (Å²) in [6, 6.07) is 0. The number of carbonyl (C=O) groups is 1. The second-order valence-electron chi connectivity index (χ2n) is 4.65. The van der Waals surface area contributed by atoms with Gasteiger partial charge in [0.15, 0.2) is 0 Å². The summed E-state index contributed by atoms with van der Waals surface area (Å²) in [5.41, 5.74) is 0. The quantitative estimate of drug-likeness (QED) is 0.660. The number of amides is 1. The van der Waals surface area contributed by atoms with Gasteiger partial charge in [-0.25, -0.2) is 13.6 Å². The molecule has 114 valence electrons. The van der Waals surface area contributed by atoms with Crippen LogP contribution in [0.15, 0.2) is 11.5 Å². The Morgan fingerprint density at radius 3 is 2.90 bits per heavy atom. The highest BCUT2D eigenvalue weighted by atomic mass is 32.3. The maximum Gasteiger partial charge on any atom is 0.253 e. The zero-order valence-corrected chi connectivity index (χ0v) is 14.0. The minimum absolute atomic E-state index is 0.0133. The molecule has 0 radical (unpaired) electrons. The van der Waals surface area contributed by atoms with Crippen LogP contribution in [-0.4, -0.2) is 46.1 Å². The Bertz CT molecular complexity index is 521. The summed E-state index contributed by atoms with van der Waals surface area (Å²) in [4.78, 5) is 12.3. The summed E-state index contributed by atoms with van der Waals surface area (Å²) in [7, 11) is -4.03. The van der Waals surface area contributed by atoms with Crippen molar-refractivity contribution in [1.29, 1.82) is 0 Å². The molecular formula is C10H16N2O4S4. The predicted octanol–water partition coefficient (Wildman–Crippen LogP) is -0.194. The van der Waals surface area contributed by atoms with E-state index in [0.29, 0.717) is 5.75 Å². The van der Waals surface area contributed by atoms with Crippen molar-refractivity contribution in [2.75, 3.05) is 18.6 Å². The van der Waals surface area contributed by atoms with Crippen molar-refractivity contribution in [2.45, 2.75) is 15.1 Å². The average Bonchev–Trinajstić information content (AvgIpc) is 2.84. The van der Waals surface area contributed by atoms with Crippen LogP contribution >= 0.6 is 23.5 Å². The van der Waals surface area contributed by atoms with Crippen molar-refractivity contribution in [3.05, 3.63) is 11.5 Å². The highest BCUT2D eigenvalue weighted by molar-refractivity contribution is 8.24. The second kappa shape index (κ2) is 6.09. The smallest absolute Gasteiger partial charge is 0.253 e. The summed E-state index contributed by atoms with van der Waals surface area (Å²) in [5, 5.41) is 9.78. The molecule has 0 spiro atoms. The van der Waals surface area contributed by atoms with Gasteiger partial charge in [0.05, 0.1) is 17.4 Å². The number of allylic oxidation sites excluding steroid dienone is 1. The van der Waals surface area contributed by atoms with Gasteiger partial charge in [0.25, 0.3) is 5.91 Å². The molecule has 10 heteroatoms. The van der Waals surface area contributed by atoms with E-state index in [4.69, 9.17) is 5.14 Å². The van der Waals surface area contributed by atoms with E-state index in [1.54, 1.807) is 0 Å². The maximum atomic E-state index is 12.3. The molecule has 0 bridgehead atoms. The van der Waals surface area contributed by atoms with Crippen LogP contribution in [-0.2, 0) is 26.0 Å². The fraction of sp³-hybridized carbons (Fsp3) is 0.700. The molecule has 1 amide bonds. The summed E-state index contributed by atoms with van der Waals surface area (Å²) < 4.78 is 33.2. The molecule has 0 aromatic carbocycles. The minimum Gasteiger partial charge on any atom is -0.617 e. The van der Waals surface area contributed by atoms with Gasteiger partial charge in [-0.05, 0) is 11.8 Å². The first kappa shape index (κ1) is 16.5. The largest absolute Gasteiger partial charge is 0.617 e. The van der Waals surface area contributed by atoms with Crippen molar-refractivity contribution in [3.63, 3.8) is 0 Å². The number of carbonyl (C=O) groups excluding carboxylic acids is 1. The topological polar surface area (TPSA) is 112 Å². The van der Waals surface area contributed by atoms with Gasteiger partial charge in [-0.2, -0.15) is 0 Å². The summed E-state index contributed by atoms with van der Waals surface area (Å²) in [5.74, 6) is -0.272. The number of primary sulfonamides is 1. The highest BCUT2D eigenvalue weighted by Gasteiger charge is 2.59. The van der Waals surface area contributed by atoms with Crippen LogP contribution in [0.3, 0.4) is 0 Å². The number of thioether (sulfide) groups is 2.